The Balaban J connectivity index is 2.16. The summed E-state index contributed by atoms with van der Waals surface area (Å²) < 4.78 is 7.19. The van der Waals surface area contributed by atoms with Crippen molar-refractivity contribution in [2.45, 2.75) is 64.2 Å². The summed E-state index contributed by atoms with van der Waals surface area (Å²) in [5.41, 5.74) is 0. The molecule has 0 aliphatic heterocycles. The number of carbonyl (C=O) groups is 1. The van der Waals surface area contributed by atoms with Crippen molar-refractivity contribution in [2.75, 3.05) is 0 Å². The highest BCUT2D eigenvalue weighted by Gasteiger charge is 2.53. The van der Waals surface area contributed by atoms with Crippen LogP contribution in [0.1, 0.15) is 47.0 Å². The van der Waals surface area contributed by atoms with E-state index in [1.54, 1.807) is 0 Å². The third-order valence-electron chi connectivity index (χ3n) is 6.58. The molecule has 3 rings (SSSR count). The Morgan fingerprint density at radius 1 is 1.00 bits per heavy atom. The lowest BCUT2D eigenvalue weighted by atomic mass is 9.76. The summed E-state index contributed by atoms with van der Waals surface area (Å²) in [5.74, 6) is -1.49. The van der Waals surface area contributed by atoms with E-state index in [4.69, 9.17) is 4.43 Å². The number of hydrogen-bond donors (Lipinski definition) is 2. The molecule has 0 saturated heterocycles. The second-order valence-electron chi connectivity index (χ2n) is 9.47. The maximum Gasteiger partial charge on any atom is 0.306 e. The maximum atomic E-state index is 11.8. The average molecular weight is 427 g/mol. The van der Waals surface area contributed by atoms with Crippen molar-refractivity contribution in [3.63, 3.8) is 0 Å². The molecule has 1 fully saturated rings. The Labute approximate surface area is 181 Å². The fraction of sp³-hybridized carbons (Fsp3) is 0.480. The van der Waals surface area contributed by atoms with Gasteiger partial charge in [-0.1, -0.05) is 88.4 Å². The van der Waals surface area contributed by atoms with Crippen LogP contribution in [0.5, 0.6) is 0 Å². The molecule has 0 radical (unpaired) electrons. The normalized spacial score (nSPS) is 25.1. The van der Waals surface area contributed by atoms with Gasteiger partial charge in [-0.25, -0.2) is 0 Å². The zero-order chi connectivity index (χ0) is 21.9. The first-order valence-corrected chi connectivity index (χ1v) is 12.8. The van der Waals surface area contributed by atoms with E-state index in [0.717, 1.165) is 6.42 Å². The largest absolute Gasteiger partial charge is 0.481 e. The Morgan fingerprint density at radius 2 is 1.50 bits per heavy atom. The molecule has 0 heterocycles. The highest BCUT2D eigenvalue weighted by Crippen LogP contribution is 2.42. The molecular weight excluding hydrogens is 392 g/mol. The number of aliphatic hydroxyl groups excluding tert-OH is 1. The molecule has 1 aliphatic carbocycles. The molecule has 2 N–H and O–H groups in total. The first-order valence-electron chi connectivity index (χ1n) is 10.9. The smallest absolute Gasteiger partial charge is 0.306 e. The minimum absolute atomic E-state index is 0.0674. The number of benzene rings is 2. The van der Waals surface area contributed by atoms with Crippen LogP contribution in [0.4, 0.5) is 0 Å². The van der Waals surface area contributed by atoms with Crippen molar-refractivity contribution in [2.24, 2.45) is 11.8 Å². The molecule has 4 atom stereocenters. The van der Waals surface area contributed by atoms with Crippen LogP contribution < -0.4 is 10.4 Å². The first-order chi connectivity index (χ1) is 14.2. The number of rotatable bonds is 6. The van der Waals surface area contributed by atoms with Gasteiger partial charge in [0.2, 0.25) is 0 Å². The van der Waals surface area contributed by atoms with Gasteiger partial charge in [-0.15, -0.1) is 0 Å². The minimum atomic E-state index is -2.79. The molecule has 0 aromatic heterocycles. The lowest BCUT2D eigenvalue weighted by Gasteiger charge is -2.49. The van der Waals surface area contributed by atoms with E-state index in [0.29, 0.717) is 12.8 Å². The third-order valence-corrected chi connectivity index (χ3v) is 11.6. The zero-order valence-corrected chi connectivity index (χ0v) is 19.4. The molecule has 1 saturated carbocycles. The van der Waals surface area contributed by atoms with Gasteiger partial charge in [-0.3, -0.25) is 4.79 Å². The topological polar surface area (TPSA) is 66.8 Å². The molecule has 2 aromatic rings. The van der Waals surface area contributed by atoms with Crippen molar-refractivity contribution in [1.29, 1.82) is 0 Å². The predicted octanol–water partition coefficient (Wildman–Crippen LogP) is 3.81. The summed E-state index contributed by atoms with van der Waals surface area (Å²) in [6, 6.07) is 20.7. The Kier molecular flexibility index (Phi) is 6.85. The van der Waals surface area contributed by atoms with Gasteiger partial charge in [0.05, 0.1) is 18.1 Å². The van der Waals surface area contributed by atoms with Crippen LogP contribution in [0.25, 0.3) is 0 Å². The van der Waals surface area contributed by atoms with Gasteiger partial charge in [0.15, 0.2) is 0 Å². The molecule has 0 bridgehead atoms. The van der Waals surface area contributed by atoms with Crippen LogP contribution in [0.2, 0.25) is 5.04 Å². The molecule has 4 nitrogen and oxygen atoms in total. The molecule has 1 aliphatic rings. The molecule has 0 spiro atoms. The number of hydrogen-bond acceptors (Lipinski definition) is 3. The van der Waals surface area contributed by atoms with Crippen LogP contribution in [0, 0.1) is 11.8 Å². The van der Waals surface area contributed by atoms with Crippen molar-refractivity contribution in [3.05, 3.63) is 60.7 Å². The summed E-state index contributed by atoms with van der Waals surface area (Å²) >= 11 is 0. The van der Waals surface area contributed by atoms with Gasteiger partial charge in [0.25, 0.3) is 8.32 Å². The standard InChI is InChI=1S/C25H34O4Si/c1-5-21-22(26)16-18(24(27)28)17-23(21)29-30(25(2,3)4,19-12-8-6-9-13-19)20-14-10-7-11-15-20/h6-15,18,21-23,26H,5,16-17H2,1-4H3,(H,27,28)/t18-,21+,22+,23-/m0/s1. The number of carboxylic acid groups (broad SMARTS) is 1. The second kappa shape index (κ2) is 9.04. The monoisotopic (exact) mass is 426 g/mol. The van der Waals surface area contributed by atoms with Crippen molar-refractivity contribution in [3.8, 4) is 0 Å². The molecule has 162 valence electrons. The number of carboxylic acids is 1. The summed E-state index contributed by atoms with van der Waals surface area (Å²) in [4.78, 5) is 11.8. The summed E-state index contributed by atoms with van der Waals surface area (Å²) in [6.07, 6.45) is 0.541. The van der Waals surface area contributed by atoms with Gasteiger partial charge < -0.3 is 14.6 Å². The summed E-state index contributed by atoms with van der Waals surface area (Å²) in [6.45, 7) is 8.70. The second-order valence-corrected chi connectivity index (χ2v) is 13.7. The van der Waals surface area contributed by atoms with Gasteiger partial charge in [-0.2, -0.15) is 0 Å². The highest BCUT2D eigenvalue weighted by molar-refractivity contribution is 6.99. The summed E-state index contributed by atoms with van der Waals surface area (Å²) in [7, 11) is -2.79. The fourth-order valence-electron chi connectivity index (χ4n) is 5.06. The van der Waals surface area contributed by atoms with Gasteiger partial charge >= 0.3 is 5.97 Å². The molecule has 2 aromatic carbocycles. The van der Waals surface area contributed by atoms with Crippen LogP contribution >= 0.6 is 0 Å². The lowest BCUT2D eigenvalue weighted by molar-refractivity contribution is -0.148. The van der Waals surface area contributed by atoms with E-state index in [1.807, 2.05) is 36.4 Å². The maximum absolute atomic E-state index is 11.8. The van der Waals surface area contributed by atoms with E-state index >= 15 is 0 Å². The van der Waals surface area contributed by atoms with E-state index in [1.165, 1.54) is 10.4 Å². The van der Waals surface area contributed by atoms with Crippen molar-refractivity contribution < 1.29 is 19.4 Å². The zero-order valence-electron chi connectivity index (χ0n) is 18.4. The molecule has 0 unspecified atom stereocenters. The molecule has 5 heteroatoms. The SMILES string of the molecule is CC[C@@H]1[C@H](O)C[C@H](C(=O)O)C[C@@H]1O[Si](c1ccccc1)(c1ccccc1)C(C)(C)C. The third kappa shape index (κ3) is 4.24. The molecule has 0 amide bonds. The van der Waals surface area contributed by atoms with E-state index < -0.39 is 26.3 Å². The predicted molar refractivity (Wildman–Crippen MR) is 123 cm³/mol. The lowest BCUT2D eigenvalue weighted by Crippen LogP contribution is -2.68. The van der Waals surface area contributed by atoms with Crippen LogP contribution in [-0.4, -0.2) is 36.7 Å². The Bertz CT molecular complexity index is 792. The number of aliphatic hydroxyl groups is 1. The Hall–Kier alpha value is -1.95. The first kappa shape index (κ1) is 22.7. The average Bonchev–Trinajstić information content (AvgIpc) is 2.72. The molecule has 30 heavy (non-hydrogen) atoms. The fourth-order valence-corrected chi connectivity index (χ4v) is 9.80. The van der Waals surface area contributed by atoms with E-state index in [9.17, 15) is 15.0 Å². The highest BCUT2D eigenvalue weighted by atomic mass is 28.4. The van der Waals surface area contributed by atoms with E-state index in [-0.39, 0.29) is 17.1 Å². The van der Waals surface area contributed by atoms with Crippen LogP contribution in [-0.2, 0) is 9.22 Å². The quantitative estimate of drug-likeness (QED) is 0.689. The van der Waals surface area contributed by atoms with Gasteiger partial charge in [-0.05, 0) is 34.7 Å². The van der Waals surface area contributed by atoms with Crippen molar-refractivity contribution >= 4 is 24.7 Å². The van der Waals surface area contributed by atoms with Crippen molar-refractivity contribution in [1.82, 2.24) is 0 Å². The van der Waals surface area contributed by atoms with Crippen LogP contribution in [0.3, 0.4) is 0 Å². The van der Waals surface area contributed by atoms with E-state index in [2.05, 4.69) is 52.0 Å². The Morgan fingerprint density at radius 3 is 1.90 bits per heavy atom. The number of aliphatic carboxylic acids is 1. The van der Waals surface area contributed by atoms with Gasteiger partial charge in [0, 0.05) is 5.92 Å². The molecular formula is C25H34O4Si. The summed E-state index contributed by atoms with van der Waals surface area (Å²) in [5, 5.41) is 22.6. The minimum Gasteiger partial charge on any atom is -0.481 e. The van der Waals surface area contributed by atoms with Crippen LogP contribution in [0.15, 0.2) is 60.7 Å². The van der Waals surface area contributed by atoms with Gasteiger partial charge in [0.1, 0.15) is 0 Å².